The Bertz CT molecular complexity index is 679. The van der Waals surface area contributed by atoms with Crippen molar-refractivity contribution >= 4 is 42.1 Å². The van der Waals surface area contributed by atoms with Gasteiger partial charge in [0.15, 0.2) is 10.8 Å². The lowest BCUT2D eigenvalue weighted by atomic mass is 9.91. The van der Waals surface area contributed by atoms with Gasteiger partial charge in [-0.25, -0.2) is 4.98 Å². The monoisotopic (exact) mass is 405 g/mol. The molecule has 1 aliphatic rings. The van der Waals surface area contributed by atoms with Gasteiger partial charge in [0.2, 0.25) is 5.91 Å². The van der Waals surface area contributed by atoms with Crippen LogP contribution in [0.4, 0.5) is 0 Å². The highest BCUT2D eigenvalue weighted by Gasteiger charge is 2.25. The van der Waals surface area contributed by atoms with Crippen LogP contribution in [0.5, 0.6) is 0 Å². The molecule has 2 aromatic heterocycles. The Kier molecular flexibility index (Phi) is 8.41. The Balaban J connectivity index is 0.00000156. The van der Waals surface area contributed by atoms with E-state index in [4.69, 9.17) is 10.2 Å². The molecule has 0 aliphatic carbocycles. The van der Waals surface area contributed by atoms with Crippen molar-refractivity contribution in [3.63, 3.8) is 0 Å². The first-order valence-corrected chi connectivity index (χ1v) is 8.95. The molecular weight excluding hydrogens is 381 g/mol. The van der Waals surface area contributed by atoms with E-state index in [0.717, 1.165) is 48.2 Å². The van der Waals surface area contributed by atoms with E-state index in [2.05, 4.69) is 11.9 Å². The second-order valence-electron chi connectivity index (χ2n) is 6.31. The van der Waals surface area contributed by atoms with Gasteiger partial charge in [0, 0.05) is 24.5 Å². The zero-order valence-electron chi connectivity index (χ0n) is 14.4. The van der Waals surface area contributed by atoms with E-state index in [1.54, 1.807) is 0 Å². The third-order valence-electron chi connectivity index (χ3n) is 4.47. The zero-order valence-corrected chi connectivity index (χ0v) is 16.9. The number of carbonyl (C=O) groups excluding carboxylic acids is 1. The number of hydrogen-bond acceptors (Lipinski definition) is 5. The maximum atomic E-state index is 12.4. The molecule has 8 heteroatoms. The van der Waals surface area contributed by atoms with Crippen LogP contribution in [-0.4, -0.2) is 34.9 Å². The lowest BCUT2D eigenvalue weighted by Crippen LogP contribution is -2.43. The molecule has 1 aliphatic heterocycles. The van der Waals surface area contributed by atoms with Crippen LogP contribution < -0.4 is 5.73 Å². The summed E-state index contributed by atoms with van der Waals surface area (Å²) in [6.45, 7) is 5.57. The summed E-state index contributed by atoms with van der Waals surface area (Å²) in [5.41, 5.74) is 6.77. The van der Waals surface area contributed by atoms with Crippen LogP contribution in [0, 0.1) is 12.8 Å². The zero-order chi connectivity index (χ0) is 16.4. The van der Waals surface area contributed by atoms with Crippen LogP contribution in [0.25, 0.3) is 10.8 Å². The summed E-state index contributed by atoms with van der Waals surface area (Å²) in [7, 11) is 0. The van der Waals surface area contributed by atoms with E-state index in [1.165, 1.54) is 11.3 Å². The lowest BCUT2D eigenvalue weighted by molar-refractivity contribution is -0.132. The number of rotatable bonds is 4. The van der Waals surface area contributed by atoms with Gasteiger partial charge in [0.1, 0.15) is 5.76 Å². The summed E-state index contributed by atoms with van der Waals surface area (Å²) in [4.78, 5) is 18.9. The van der Waals surface area contributed by atoms with Crippen molar-refractivity contribution in [2.24, 2.45) is 11.7 Å². The van der Waals surface area contributed by atoms with Crippen LogP contribution in [0.15, 0.2) is 21.9 Å². The third-order valence-corrected chi connectivity index (χ3v) is 5.38. The third kappa shape index (κ3) is 5.45. The van der Waals surface area contributed by atoms with E-state index >= 15 is 0 Å². The number of aryl methyl sites for hydroxylation is 1. The van der Waals surface area contributed by atoms with Crippen molar-refractivity contribution in [1.82, 2.24) is 9.88 Å². The quantitative estimate of drug-likeness (QED) is 0.841. The van der Waals surface area contributed by atoms with E-state index in [9.17, 15) is 4.79 Å². The van der Waals surface area contributed by atoms with Crippen molar-refractivity contribution in [1.29, 1.82) is 0 Å². The van der Waals surface area contributed by atoms with E-state index in [-0.39, 0.29) is 36.8 Å². The van der Waals surface area contributed by atoms with Gasteiger partial charge >= 0.3 is 0 Å². The van der Waals surface area contributed by atoms with E-state index < -0.39 is 0 Å². The highest BCUT2D eigenvalue weighted by Crippen LogP contribution is 2.26. The second-order valence-corrected chi connectivity index (χ2v) is 7.17. The molecule has 1 unspecified atom stereocenters. The summed E-state index contributed by atoms with van der Waals surface area (Å²) in [5.74, 6) is 2.32. The number of aromatic nitrogens is 1. The standard InChI is InChI=1S/C17H23N3O2S.2ClH/c1-11-3-4-15(22-11)17-19-14(10-23-17)9-16(21)20-7-5-13(6-8-20)12(2)18;;/h3-4,10,12-13H,5-9,18H2,1-2H3;2*1H. The van der Waals surface area contributed by atoms with Crippen molar-refractivity contribution in [2.45, 2.75) is 39.2 Å². The van der Waals surface area contributed by atoms with Gasteiger partial charge in [-0.05, 0) is 44.7 Å². The summed E-state index contributed by atoms with van der Waals surface area (Å²) < 4.78 is 5.58. The van der Waals surface area contributed by atoms with Crippen LogP contribution in [0.3, 0.4) is 0 Å². The molecular formula is C17H25Cl2N3O2S. The SMILES string of the molecule is Cc1ccc(-c2nc(CC(=O)N3CCC(C(C)N)CC3)cs2)o1.Cl.Cl. The maximum Gasteiger partial charge on any atom is 0.228 e. The molecule has 0 aromatic carbocycles. The van der Waals surface area contributed by atoms with Crippen molar-refractivity contribution < 1.29 is 9.21 Å². The topological polar surface area (TPSA) is 72.4 Å². The van der Waals surface area contributed by atoms with Gasteiger partial charge in [-0.15, -0.1) is 36.2 Å². The fourth-order valence-corrected chi connectivity index (χ4v) is 3.77. The van der Waals surface area contributed by atoms with Crippen LogP contribution >= 0.6 is 36.2 Å². The molecule has 0 bridgehead atoms. The number of halogens is 2. The first-order valence-electron chi connectivity index (χ1n) is 8.07. The summed E-state index contributed by atoms with van der Waals surface area (Å²) in [6, 6.07) is 4.05. The molecule has 1 fully saturated rings. The van der Waals surface area contributed by atoms with E-state index in [0.29, 0.717) is 12.3 Å². The fourth-order valence-electron chi connectivity index (χ4n) is 2.99. The number of thiazole rings is 1. The van der Waals surface area contributed by atoms with Gasteiger partial charge in [0.25, 0.3) is 0 Å². The molecule has 5 nitrogen and oxygen atoms in total. The first kappa shape index (κ1) is 22.0. The van der Waals surface area contributed by atoms with Gasteiger partial charge < -0.3 is 15.1 Å². The number of nitrogens with zero attached hydrogens (tertiary/aromatic N) is 2. The number of nitrogens with two attached hydrogens (primary N) is 1. The lowest BCUT2D eigenvalue weighted by Gasteiger charge is -2.33. The Hall–Kier alpha value is -1.08. The van der Waals surface area contributed by atoms with Crippen LogP contribution in [-0.2, 0) is 11.2 Å². The average Bonchev–Trinajstić information content (AvgIpc) is 3.16. The molecule has 0 spiro atoms. The van der Waals surface area contributed by atoms with Crippen LogP contribution in [0.1, 0.15) is 31.2 Å². The normalized spacial score (nSPS) is 16.0. The van der Waals surface area contributed by atoms with Gasteiger partial charge in [-0.3, -0.25) is 4.79 Å². The minimum absolute atomic E-state index is 0. The largest absolute Gasteiger partial charge is 0.459 e. The first-order chi connectivity index (χ1) is 11.0. The summed E-state index contributed by atoms with van der Waals surface area (Å²) in [5, 5.41) is 2.77. The smallest absolute Gasteiger partial charge is 0.228 e. The van der Waals surface area contributed by atoms with Gasteiger partial charge in [-0.2, -0.15) is 0 Å². The van der Waals surface area contributed by atoms with E-state index in [1.807, 2.05) is 29.3 Å². The van der Waals surface area contributed by atoms with Gasteiger partial charge in [-0.1, -0.05) is 0 Å². The van der Waals surface area contributed by atoms with Gasteiger partial charge in [0.05, 0.1) is 12.1 Å². The minimum atomic E-state index is 0. The fraction of sp³-hybridized carbons (Fsp3) is 0.529. The highest BCUT2D eigenvalue weighted by atomic mass is 35.5. The molecule has 3 rings (SSSR count). The number of furan rings is 1. The molecule has 3 heterocycles. The Morgan fingerprint density at radius 2 is 2.08 bits per heavy atom. The molecule has 1 saturated heterocycles. The predicted molar refractivity (Wildman–Crippen MR) is 106 cm³/mol. The van der Waals surface area contributed by atoms with Crippen molar-refractivity contribution in [3.8, 4) is 10.8 Å². The summed E-state index contributed by atoms with van der Waals surface area (Å²) >= 11 is 1.52. The molecule has 0 saturated carbocycles. The molecule has 1 atom stereocenters. The number of piperidine rings is 1. The van der Waals surface area contributed by atoms with Crippen molar-refractivity contribution in [3.05, 3.63) is 29.0 Å². The Morgan fingerprint density at radius 1 is 1.40 bits per heavy atom. The average molecular weight is 406 g/mol. The summed E-state index contributed by atoms with van der Waals surface area (Å²) in [6.07, 6.45) is 2.35. The number of amides is 1. The predicted octanol–water partition coefficient (Wildman–Crippen LogP) is 3.68. The van der Waals surface area contributed by atoms with Crippen LogP contribution in [0.2, 0.25) is 0 Å². The molecule has 25 heavy (non-hydrogen) atoms. The second kappa shape index (κ2) is 9.57. The Morgan fingerprint density at radius 3 is 2.64 bits per heavy atom. The number of likely N-dealkylation sites (tertiary alicyclic amines) is 1. The Labute approximate surface area is 164 Å². The van der Waals surface area contributed by atoms with Crippen molar-refractivity contribution in [2.75, 3.05) is 13.1 Å². The number of carbonyl (C=O) groups is 1. The molecule has 2 aromatic rings. The molecule has 2 N–H and O–H groups in total. The minimum Gasteiger partial charge on any atom is -0.459 e. The number of hydrogen-bond donors (Lipinski definition) is 1. The molecule has 140 valence electrons. The maximum absolute atomic E-state index is 12.4. The highest BCUT2D eigenvalue weighted by molar-refractivity contribution is 7.13. The molecule has 1 amide bonds. The molecule has 0 radical (unpaired) electrons.